The third-order valence-corrected chi connectivity index (χ3v) is 4.30. The highest BCUT2D eigenvalue weighted by atomic mass is 31.2. The van der Waals surface area contributed by atoms with Crippen molar-refractivity contribution in [3.63, 3.8) is 0 Å². The maximum atomic E-state index is 11.8. The van der Waals surface area contributed by atoms with Gasteiger partial charge in [0.2, 0.25) is 7.37 Å². The molecule has 0 aromatic heterocycles. The van der Waals surface area contributed by atoms with Crippen LogP contribution >= 0.6 is 7.37 Å². The van der Waals surface area contributed by atoms with Crippen LogP contribution in [-0.4, -0.2) is 35.3 Å². The lowest BCUT2D eigenvalue weighted by molar-refractivity contribution is -0.139. The van der Waals surface area contributed by atoms with E-state index in [2.05, 4.69) is 0 Å². The predicted molar refractivity (Wildman–Crippen MR) is 71.6 cm³/mol. The Morgan fingerprint density at radius 3 is 2.47 bits per heavy atom. The van der Waals surface area contributed by atoms with Crippen molar-refractivity contribution in [2.45, 2.75) is 12.6 Å². The maximum Gasteiger partial charge on any atom is 0.341 e. The quantitative estimate of drug-likeness (QED) is 0.621. The monoisotopic (exact) mass is 287 g/mol. The topological polar surface area (TPSA) is 110 Å². The van der Waals surface area contributed by atoms with Crippen molar-refractivity contribution in [2.75, 3.05) is 19.3 Å². The lowest BCUT2D eigenvalue weighted by Crippen LogP contribution is -2.09. The molecule has 0 saturated carbocycles. The molecule has 1 unspecified atom stereocenters. The van der Waals surface area contributed by atoms with Gasteiger partial charge in [-0.25, -0.2) is 4.79 Å². The van der Waals surface area contributed by atoms with Crippen LogP contribution in [0.4, 0.5) is 0 Å². The van der Waals surface area contributed by atoms with E-state index < -0.39 is 19.9 Å². The summed E-state index contributed by atoms with van der Waals surface area (Å²) in [6, 6.07) is 6.48. The van der Waals surface area contributed by atoms with Gasteiger partial charge in [-0.2, -0.15) is 0 Å². The Balaban J connectivity index is 2.56. The second kappa shape index (κ2) is 7.28. The third kappa shape index (κ3) is 6.38. The number of aliphatic carboxylic acids is 1. The molecule has 1 aromatic carbocycles. The zero-order valence-electron chi connectivity index (χ0n) is 10.5. The first kappa shape index (κ1) is 15.7. The Bertz CT molecular complexity index is 460. The number of benzene rings is 1. The molecule has 0 amide bonds. The first-order valence-corrected chi connectivity index (χ1v) is 7.90. The van der Waals surface area contributed by atoms with Gasteiger partial charge in [0.05, 0.1) is 0 Å². The molecular formula is C12H18NO5P. The molecule has 0 spiro atoms. The van der Waals surface area contributed by atoms with Crippen molar-refractivity contribution in [1.82, 2.24) is 0 Å². The van der Waals surface area contributed by atoms with Crippen molar-refractivity contribution >= 4 is 13.3 Å². The number of hydrogen-bond donors (Lipinski definition) is 3. The molecule has 0 bridgehead atoms. The van der Waals surface area contributed by atoms with E-state index in [1.165, 1.54) is 0 Å². The Labute approximate surface area is 111 Å². The number of nitrogens with two attached hydrogens (primary N) is 1. The summed E-state index contributed by atoms with van der Waals surface area (Å²) in [4.78, 5) is 20.1. The number of rotatable bonds is 8. The highest BCUT2D eigenvalue weighted by molar-refractivity contribution is 7.57. The molecule has 0 fully saturated rings. The summed E-state index contributed by atoms with van der Waals surface area (Å²) >= 11 is 0. The average molecular weight is 287 g/mol. The van der Waals surface area contributed by atoms with Crippen molar-refractivity contribution in [3.8, 4) is 5.75 Å². The summed E-state index contributed by atoms with van der Waals surface area (Å²) in [6.07, 6.45) is 0.820. The van der Waals surface area contributed by atoms with Crippen LogP contribution in [0.15, 0.2) is 24.3 Å². The molecule has 0 heterocycles. The first-order chi connectivity index (χ1) is 8.93. The lowest BCUT2D eigenvalue weighted by atomic mass is 10.2. The molecule has 0 aliphatic carbocycles. The van der Waals surface area contributed by atoms with Gasteiger partial charge < -0.3 is 20.5 Å². The number of carbonyl (C=O) groups is 1. The van der Waals surface area contributed by atoms with Crippen molar-refractivity contribution in [2.24, 2.45) is 5.73 Å². The van der Waals surface area contributed by atoms with E-state index in [4.69, 9.17) is 15.6 Å². The smallest absolute Gasteiger partial charge is 0.341 e. The third-order valence-electron chi connectivity index (χ3n) is 2.43. The molecule has 0 aliphatic rings. The largest absolute Gasteiger partial charge is 0.482 e. The van der Waals surface area contributed by atoms with Crippen molar-refractivity contribution in [1.29, 1.82) is 0 Å². The Morgan fingerprint density at radius 1 is 1.32 bits per heavy atom. The Morgan fingerprint density at radius 2 is 1.95 bits per heavy atom. The number of carboxylic acid groups (broad SMARTS) is 1. The van der Waals surface area contributed by atoms with Gasteiger partial charge in [0.15, 0.2) is 6.61 Å². The molecule has 4 N–H and O–H groups in total. The molecule has 0 aliphatic heterocycles. The molecule has 7 heteroatoms. The van der Waals surface area contributed by atoms with Gasteiger partial charge in [-0.1, -0.05) is 12.1 Å². The second-order valence-corrected chi connectivity index (χ2v) is 6.65. The number of ether oxygens (including phenoxy) is 1. The second-order valence-electron chi connectivity index (χ2n) is 4.20. The number of hydrogen-bond acceptors (Lipinski definition) is 4. The summed E-state index contributed by atoms with van der Waals surface area (Å²) < 4.78 is 16.8. The zero-order valence-corrected chi connectivity index (χ0v) is 11.4. The van der Waals surface area contributed by atoms with E-state index in [0.29, 0.717) is 24.3 Å². The molecule has 0 radical (unpaired) electrons. The van der Waals surface area contributed by atoms with Crippen LogP contribution in [0.25, 0.3) is 0 Å². The van der Waals surface area contributed by atoms with E-state index in [1.807, 2.05) is 0 Å². The van der Waals surface area contributed by atoms with E-state index >= 15 is 0 Å². The van der Waals surface area contributed by atoms with E-state index in [1.54, 1.807) is 24.3 Å². The summed E-state index contributed by atoms with van der Waals surface area (Å²) in [5.41, 5.74) is 6.02. The highest BCUT2D eigenvalue weighted by Gasteiger charge is 2.17. The maximum absolute atomic E-state index is 11.8. The van der Waals surface area contributed by atoms with Crippen LogP contribution in [0.1, 0.15) is 12.0 Å². The first-order valence-electron chi connectivity index (χ1n) is 5.87. The van der Waals surface area contributed by atoms with Crippen LogP contribution in [-0.2, 0) is 15.5 Å². The molecule has 1 rings (SSSR count). The molecule has 6 nitrogen and oxygen atoms in total. The van der Waals surface area contributed by atoms with Crippen molar-refractivity contribution < 1.29 is 24.1 Å². The normalized spacial score (nSPS) is 13.8. The van der Waals surface area contributed by atoms with Crippen LogP contribution in [0.2, 0.25) is 0 Å². The zero-order chi connectivity index (χ0) is 14.3. The summed E-state index contributed by atoms with van der Waals surface area (Å²) in [7, 11) is -3.19. The van der Waals surface area contributed by atoms with Gasteiger partial charge in [0, 0.05) is 12.3 Å². The fraction of sp³-hybridized carbons (Fsp3) is 0.417. The van der Waals surface area contributed by atoms with Crippen LogP contribution in [0.5, 0.6) is 5.75 Å². The molecule has 1 aromatic rings. The summed E-state index contributed by atoms with van der Waals surface area (Å²) in [5.74, 6) is -0.633. The Hall–Kier alpha value is -1.36. The van der Waals surface area contributed by atoms with Gasteiger partial charge in [0.1, 0.15) is 5.75 Å². The molecule has 106 valence electrons. The van der Waals surface area contributed by atoms with Crippen LogP contribution in [0, 0.1) is 0 Å². The fourth-order valence-corrected chi connectivity index (χ4v) is 3.16. The number of carboxylic acids is 1. The minimum Gasteiger partial charge on any atom is -0.482 e. The molecule has 0 saturated heterocycles. The van der Waals surface area contributed by atoms with Crippen LogP contribution < -0.4 is 10.5 Å². The van der Waals surface area contributed by atoms with Gasteiger partial charge >= 0.3 is 5.97 Å². The molecule has 19 heavy (non-hydrogen) atoms. The molecule has 1 atom stereocenters. The minimum atomic E-state index is -3.19. The van der Waals surface area contributed by atoms with Crippen LogP contribution in [0.3, 0.4) is 0 Å². The Kier molecular flexibility index (Phi) is 6.02. The average Bonchev–Trinajstić information content (AvgIpc) is 2.35. The standard InChI is InChI=1S/C12H18NO5P/c13-6-1-7-19(16,17)9-10-2-4-11(5-3-10)18-8-12(14)15/h2-5H,1,6-9,13H2,(H,14,15)(H,16,17). The van der Waals surface area contributed by atoms with Gasteiger partial charge in [-0.05, 0) is 30.7 Å². The van der Waals surface area contributed by atoms with E-state index in [9.17, 15) is 14.3 Å². The lowest BCUT2D eigenvalue weighted by Gasteiger charge is -2.11. The molecular weight excluding hydrogens is 269 g/mol. The summed E-state index contributed by atoms with van der Waals surface area (Å²) in [5, 5.41) is 8.46. The minimum absolute atomic E-state index is 0.0895. The predicted octanol–water partition coefficient (Wildman–Crippen LogP) is 1.27. The van der Waals surface area contributed by atoms with Gasteiger partial charge in [-0.3, -0.25) is 4.57 Å². The van der Waals surface area contributed by atoms with Crippen molar-refractivity contribution in [3.05, 3.63) is 29.8 Å². The van der Waals surface area contributed by atoms with E-state index in [-0.39, 0.29) is 12.3 Å². The SMILES string of the molecule is NCCCP(=O)(O)Cc1ccc(OCC(=O)O)cc1. The van der Waals surface area contributed by atoms with Gasteiger partial charge in [-0.15, -0.1) is 0 Å². The van der Waals surface area contributed by atoms with E-state index in [0.717, 1.165) is 0 Å². The highest BCUT2D eigenvalue weighted by Crippen LogP contribution is 2.44. The fourth-order valence-electron chi connectivity index (χ4n) is 1.54. The van der Waals surface area contributed by atoms with Gasteiger partial charge in [0.25, 0.3) is 0 Å². The summed E-state index contributed by atoms with van der Waals surface area (Å²) in [6.45, 7) is -0.0130.